The molecule has 1 heterocycles. The summed E-state index contributed by atoms with van der Waals surface area (Å²) < 4.78 is 34.3. The highest BCUT2D eigenvalue weighted by molar-refractivity contribution is 7.91. The molecule has 148 valence electrons. The van der Waals surface area contributed by atoms with E-state index in [1.54, 1.807) is 7.11 Å². The molecular formula is C21H28O5S. The Balaban J connectivity index is 1.41. The number of rotatable bonds is 3. The van der Waals surface area contributed by atoms with Gasteiger partial charge in [-0.05, 0) is 73.1 Å². The van der Waals surface area contributed by atoms with Gasteiger partial charge in [-0.25, -0.2) is 4.21 Å². The quantitative estimate of drug-likeness (QED) is 0.582. The van der Waals surface area contributed by atoms with Crippen molar-refractivity contribution in [2.75, 3.05) is 13.9 Å². The van der Waals surface area contributed by atoms with Crippen LogP contribution in [-0.4, -0.2) is 36.2 Å². The predicted molar refractivity (Wildman–Crippen MR) is 104 cm³/mol. The largest absolute Gasteiger partial charge is 0.468 e. The van der Waals surface area contributed by atoms with Gasteiger partial charge in [0.25, 0.3) is 0 Å². The maximum atomic E-state index is 12.2. The summed E-state index contributed by atoms with van der Waals surface area (Å²) in [6, 6.07) is 6.51. The van der Waals surface area contributed by atoms with Crippen molar-refractivity contribution in [2.45, 2.75) is 57.2 Å². The minimum absolute atomic E-state index is 0.0434. The van der Waals surface area contributed by atoms with Crippen LogP contribution in [-0.2, 0) is 29.6 Å². The fraction of sp³-hybridized carbons (Fsp3) is 0.667. The molecule has 0 aromatic heterocycles. The van der Waals surface area contributed by atoms with Gasteiger partial charge in [-0.3, -0.25) is 8.37 Å². The number of benzene rings is 1. The minimum atomic E-state index is -2.81. The number of ether oxygens (including phenoxy) is 2. The maximum Gasteiger partial charge on any atom is 0.198 e. The molecule has 1 aromatic carbocycles. The summed E-state index contributed by atoms with van der Waals surface area (Å²) >= 11 is 0. The van der Waals surface area contributed by atoms with Crippen LogP contribution >= 0.6 is 0 Å². The van der Waals surface area contributed by atoms with Crippen molar-refractivity contribution in [3.8, 4) is 5.75 Å². The molecule has 1 aromatic rings. The molecule has 6 heteroatoms. The number of methoxy groups -OCH3 is 1. The molecule has 3 aliphatic carbocycles. The van der Waals surface area contributed by atoms with E-state index in [1.807, 2.05) is 0 Å². The third kappa shape index (κ3) is 2.76. The summed E-state index contributed by atoms with van der Waals surface area (Å²) in [5.74, 6) is 6.29. The van der Waals surface area contributed by atoms with Crippen molar-refractivity contribution in [2.24, 2.45) is 17.3 Å². The fourth-order valence-electron chi connectivity index (χ4n) is 6.35. The summed E-state index contributed by atoms with van der Waals surface area (Å²) in [7, 11) is -1.17. The summed E-state index contributed by atoms with van der Waals surface area (Å²) in [5.41, 5.74) is 2.94. The summed E-state index contributed by atoms with van der Waals surface area (Å²) in [5, 5.41) is 0. The van der Waals surface area contributed by atoms with Crippen LogP contribution in [0.15, 0.2) is 18.2 Å². The van der Waals surface area contributed by atoms with Crippen molar-refractivity contribution in [1.82, 2.24) is 0 Å². The van der Waals surface area contributed by atoms with Gasteiger partial charge in [0.1, 0.15) is 18.0 Å². The van der Waals surface area contributed by atoms with Crippen molar-refractivity contribution in [3.05, 3.63) is 29.3 Å². The molecule has 2 saturated carbocycles. The third-order valence-electron chi connectivity index (χ3n) is 7.47. The number of aryl methyl sites for hydroxylation is 1. The molecule has 0 radical (unpaired) electrons. The topological polar surface area (TPSA) is 54.0 Å². The van der Waals surface area contributed by atoms with Crippen LogP contribution in [0.25, 0.3) is 0 Å². The Morgan fingerprint density at radius 1 is 1.33 bits per heavy atom. The average molecular weight is 393 g/mol. The second kappa shape index (κ2) is 6.21. The molecule has 2 unspecified atom stereocenters. The molecule has 1 aliphatic heterocycles. The summed E-state index contributed by atoms with van der Waals surface area (Å²) in [6.45, 7) is 2.60. The van der Waals surface area contributed by atoms with Crippen LogP contribution < -0.4 is 4.74 Å². The normalized spacial score (nSPS) is 44.9. The van der Waals surface area contributed by atoms with Gasteiger partial charge in [0.05, 0.1) is 0 Å². The molecule has 0 N–H and O–H groups in total. The fourth-order valence-corrected chi connectivity index (χ4v) is 7.61. The van der Waals surface area contributed by atoms with Crippen LogP contribution in [0.2, 0.25) is 0 Å². The first-order chi connectivity index (χ1) is 12.9. The number of fused-ring (bicyclic) bond motifs is 7. The van der Waals surface area contributed by atoms with Crippen molar-refractivity contribution in [3.63, 3.8) is 0 Å². The lowest BCUT2D eigenvalue weighted by Crippen LogP contribution is -2.44. The van der Waals surface area contributed by atoms with Crippen LogP contribution in [0.1, 0.15) is 49.7 Å². The molecule has 3 fully saturated rings. The average Bonchev–Trinajstić information content (AvgIpc) is 3.09. The zero-order valence-corrected chi connectivity index (χ0v) is 16.8. The molecule has 4 aliphatic rings. The minimum Gasteiger partial charge on any atom is -0.468 e. The van der Waals surface area contributed by atoms with E-state index in [-0.39, 0.29) is 24.4 Å². The second-order valence-electron chi connectivity index (χ2n) is 8.82. The lowest BCUT2D eigenvalue weighted by atomic mass is 9.55. The lowest BCUT2D eigenvalue weighted by molar-refractivity contribution is -0.00446. The molecule has 0 amide bonds. The highest BCUT2D eigenvalue weighted by atomic mass is 32.2. The Bertz CT molecular complexity index is 850. The zero-order chi connectivity index (χ0) is 18.8. The maximum absolute atomic E-state index is 12.2. The van der Waals surface area contributed by atoms with Crippen molar-refractivity contribution < 1.29 is 22.0 Å². The molecule has 5 rings (SSSR count). The Hall–Kier alpha value is -1.08. The van der Waals surface area contributed by atoms with Crippen LogP contribution in [0, 0.1) is 17.3 Å². The highest BCUT2D eigenvalue weighted by Crippen LogP contribution is 2.63. The van der Waals surface area contributed by atoms with Crippen molar-refractivity contribution in [1.29, 1.82) is 0 Å². The van der Waals surface area contributed by atoms with Crippen LogP contribution in [0.3, 0.4) is 0 Å². The molecular weight excluding hydrogens is 364 g/mol. The molecule has 7 atom stereocenters. The van der Waals surface area contributed by atoms with Gasteiger partial charge in [0, 0.05) is 18.4 Å². The third-order valence-corrected chi connectivity index (χ3v) is 8.51. The first-order valence-corrected chi connectivity index (χ1v) is 11.5. The summed E-state index contributed by atoms with van der Waals surface area (Å²) in [6.07, 6.45) is 5.31. The first kappa shape index (κ1) is 18.0. The SMILES string of the molecule is C=S1(=O)O[C@H]2CC3[C@@H]4CCc5cc(OCOC)ccc5[C@H]4CC[C@]3(C)[C@H]2O1. The van der Waals surface area contributed by atoms with E-state index < -0.39 is 10.1 Å². The van der Waals surface area contributed by atoms with E-state index in [2.05, 4.69) is 31.0 Å². The Labute approximate surface area is 161 Å². The number of hydrogen-bond acceptors (Lipinski definition) is 5. The highest BCUT2D eigenvalue weighted by Gasteiger charge is 2.62. The Kier molecular flexibility index (Phi) is 4.14. The van der Waals surface area contributed by atoms with E-state index in [0.29, 0.717) is 17.8 Å². The molecule has 0 spiro atoms. The molecule has 1 saturated heterocycles. The zero-order valence-electron chi connectivity index (χ0n) is 16.0. The molecule has 0 bridgehead atoms. The summed E-state index contributed by atoms with van der Waals surface area (Å²) in [4.78, 5) is 0. The van der Waals surface area contributed by atoms with E-state index in [0.717, 1.165) is 31.4 Å². The standard InChI is InChI=1S/C21H28O5S/c1-21-9-8-16-15-7-5-14(24-12-23-2)10-13(15)4-6-17(16)18(21)11-19-20(21)26-27(3,22)25-19/h5,7,10,16-20H,3-4,6,8-9,11-12H2,1-2H3/t16-,17-,18?,19+,20+,21+,27?/m1/s1. The van der Waals surface area contributed by atoms with Crippen LogP contribution in [0.4, 0.5) is 0 Å². The predicted octanol–water partition coefficient (Wildman–Crippen LogP) is 3.47. The van der Waals surface area contributed by atoms with Gasteiger partial charge < -0.3 is 9.47 Å². The van der Waals surface area contributed by atoms with Gasteiger partial charge in [0.2, 0.25) is 0 Å². The second-order valence-corrected chi connectivity index (χ2v) is 10.3. The van der Waals surface area contributed by atoms with Gasteiger partial charge >= 0.3 is 0 Å². The number of hydrogen-bond donors (Lipinski definition) is 0. The van der Waals surface area contributed by atoms with Crippen molar-refractivity contribution >= 4 is 16.0 Å². The molecule has 27 heavy (non-hydrogen) atoms. The van der Waals surface area contributed by atoms with Gasteiger partial charge in [0.15, 0.2) is 16.9 Å². The van der Waals surface area contributed by atoms with E-state index >= 15 is 0 Å². The van der Waals surface area contributed by atoms with Gasteiger partial charge in [-0.2, -0.15) is 0 Å². The Morgan fingerprint density at radius 3 is 3.00 bits per heavy atom. The van der Waals surface area contributed by atoms with Crippen LogP contribution in [0.5, 0.6) is 5.75 Å². The van der Waals surface area contributed by atoms with Gasteiger partial charge in [-0.1, -0.05) is 13.0 Å². The smallest absolute Gasteiger partial charge is 0.198 e. The monoisotopic (exact) mass is 392 g/mol. The molecule has 5 nitrogen and oxygen atoms in total. The Morgan fingerprint density at radius 2 is 2.19 bits per heavy atom. The van der Waals surface area contributed by atoms with E-state index in [1.165, 1.54) is 17.5 Å². The van der Waals surface area contributed by atoms with E-state index in [9.17, 15) is 4.21 Å². The lowest BCUT2D eigenvalue weighted by Gasteiger charge is -2.50. The van der Waals surface area contributed by atoms with E-state index in [4.69, 9.17) is 17.8 Å². The van der Waals surface area contributed by atoms with Gasteiger partial charge in [-0.15, -0.1) is 0 Å². The first-order valence-electron chi connectivity index (χ1n) is 9.89.